The van der Waals surface area contributed by atoms with Gasteiger partial charge in [0.25, 0.3) is 5.91 Å². The van der Waals surface area contributed by atoms with Crippen molar-refractivity contribution in [3.63, 3.8) is 0 Å². The fraction of sp³-hybridized carbons (Fsp3) is 0.107. The lowest BCUT2D eigenvalue weighted by Crippen LogP contribution is -2.20. The van der Waals surface area contributed by atoms with E-state index in [0.29, 0.717) is 12.3 Å². The number of primary amides is 1. The summed E-state index contributed by atoms with van der Waals surface area (Å²) in [6.45, 7) is 0.469. The highest BCUT2D eigenvalue weighted by molar-refractivity contribution is 5.88. The van der Waals surface area contributed by atoms with Crippen molar-refractivity contribution in [3.8, 4) is 17.0 Å². The van der Waals surface area contributed by atoms with Crippen molar-refractivity contribution >= 4 is 18.0 Å². The summed E-state index contributed by atoms with van der Waals surface area (Å²) in [6, 6.07) is 26.8. The highest BCUT2D eigenvalue weighted by Gasteiger charge is 2.10. The van der Waals surface area contributed by atoms with Crippen LogP contribution in [0.4, 0.5) is 0 Å². The Morgan fingerprint density at radius 1 is 0.914 bits per heavy atom. The van der Waals surface area contributed by atoms with E-state index in [1.54, 1.807) is 30.3 Å². The number of hydrogen-bond acceptors (Lipinski definition) is 5. The maximum atomic E-state index is 12.4. The van der Waals surface area contributed by atoms with Crippen LogP contribution >= 0.6 is 0 Å². The topological polar surface area (TPSA) is 96.4 Å². The molecule has 35 heavy (non-hydrogen) atoms. The second-order valence-electron chi connectivity index (χ2n) is 7.83. The number of hydrogen-bond donors (Lipinski definition) is 1. The summed E-state index contributed by atoms with van der Waals surface area (Å²) in [5, 5.41) is 4.75. The summed E-state index contributed by atoms with van der Waals surface area (Å²) in [6.07, 6.45) is 5.02. The van der Waals surface area contributed by atoms with Crippen LogP contribution in [0, 0.1) is 0 Å². The largest absolute Gasteiger partial charge is 0.484 e. The van der Waals surface area contributed by atoms with Crippen LogP contribution in [0.2, 0.25) is 0 Å². The van der Waals surface area contributed by atoms with Gasteiger partial charge in [-0.1, -0.05) is 72.8 Å². The molecule has 7 heteroatoms. The smallest absolute Gasteiger partial charge is 0.331 e. The van der Waals surface area contributed by atoms with Crippen molar-refractivity contribution in [3.05, 3.63) is 114 Å². The van der Waals surface area contributed by atoms with Gasteiger partial charge in [0.2, 0.25) is 0 Å². The van der Waals surface area contributed by atoms with Crippen LogP contribution in [0.3, 0.4) is 0 Å². The van der Waals surface area contributed by atoms with Gasteiger partial charge < -0.3 is 15.2 Å². The number of amides is 1. The third-order valence-corrected chi connectivity index (χ3v) is 5.08. The second kappa shape index (κ2) is 11.5. The van der Waals surface area contributed by atoms with Gasteiger partial charge in [0.05, 0.1) is 12.2 Å². The number of nitrogens with two attached hydrogens (primary N) is 1. The maximum absolute atomic E-state index is 12.4. The van der Waals surface area contributed by atoms with Gasteiger partial charge in [-0.05, 0) is 29.3 Å². The van der Waals surface area contributed by atoms with Crippen LogP contribution in [0.25, 0.3) is 17.3 Å². The van der Waals surface area contributed by atoms with Crippen LogP contribution < -0.4 is 10.5 Å². The number of ether oxygens (including phenoxy) is 2. The van der Waals surface area contributed by atoms with Gasteiger partial charge >= 0.3 is 5.97 Å². The van der Waals surface area contributed by atoms with Gasteiger partial charge in [-0.2, -0.15) is 5.10 Å². The summed E-state index contributed by atoms with van der Waals surface area (Å²) >= 11 is 0. The molecule has 1 heterocycles. The zero-order chi connectivity index (χ0) is 24.5. The van der Waals surface area contributed by atoms with Crippen LogP contribution in [-0.4, -0.2) is 28.3 Å². The minimum Gasteiger partial charge on any atom is -0.484 e. The molecule has 1 amide bonds. The molecule has 1 aromatic heterocycles. The van der Waals surface area contributed by atoms with Crippen LogP contribution in [0.15, 0.2) is 97.2 Å². The fourth-order valence-electron chi connectivity index (χ4n) is 3.47. The van der Waals surface area contributed by atoms with E-state index in [0.717, 1.165) is 27.9 Å². The fourth-order valence-corrected chi connectivity index (χ4v) is 3.47. The van der Waals surface area contributed by atoms with Gasteiger partial charge in [-0.15, -0.1) is 0 Å². The number of nitrogens with zero attached hydrogens (tertiary/aromatic N) is 2. The predicted molar refractivity (Wildman–Crippen MR) is 133 cm³/mol. The molecule has 4 aromatic rings. The molecule has 2 N–H and O–H groups in total. The van der Waals surface area contributed by atoms with E-state index < -0.39 is 11.9 Å². The van der Waals surface area contributed by atoms with Crippen molar-refractivity contribution in [1.82, 2.24) is 9.78 Å². The molecule has 4 rings (SSSR count). The predicted octanol–water partition coefficient (Wildman–Crippen LogP) is 4.22. The number of carbonyl (C=O) groups is 2. The summed E-state index contributed by atoms with van der Waals surface area (Å²) in [4.78, 5) is 23.3. The van der Waals surface area contributed by atoms with Crippen molar-refractivity contribution in [2.24, 2.45) is 5.73 Å². The first-order valence-corrected chi connectivity index (χ1v) is 11.1. The maximum Gasteiger partial charge on any atom is 0.331 e. The Bertz CT molecular complexity index is 1310. The second-order valence-corrected chi connectivity index (χ2v) is 7.83. The molecule has 0 saturated heterocycles. The Morgan fingerprint density at radius 2 is 1.63 bits per heavy atom. The quantitative estimate of drug-likeness (QED) is 0.278. The first-order valence-electron chi connectivity index (χ1n) is 11.1. The summed E-state index contributed by atoms with van der Waals surface area (Å²) in [5.41, 5.74) is 9.51. The number of aromatic nitrogens is 2. The molecule has 0 spiro atoms. The van der Waals surface area contributed by atoms with Crippen molar-refractivity contribution in [2.45, 2.75) is 13.2 Å². The molecule has 0 atom stereocenters. The molecule has 0 unspecified atom stereocenters. The molecule has 0 bridgehead atoms. The van der Waals surface area contributed by atoms with Crippen LogP contribution in [-0.2, 0) is 27.5 Å². The lowest BCUT2D eigenvalue weighted by Gasteiger charge is -2.06. The molecule has 7 nitrogen and oxygen atoms in total. The molecule has 0 aliphatic rings. The zero-order valence-corrected chi connectivity index (χ0v) is 19.0. The molecule has 0 fully saturated rings. The van der Waals surface area contributed by atoms with Crippen LogP contribution in [0.1, 0.15) is 16.7 Å². The van der Waals surface area contributed by atoms with Gasteiger partial charge in [0, 0.05) is 23.4 Å². The van der Waals surface area contributed by atoms with Crippen LogP contribution in [0.5, 0.6) is 5.75 Å². The Balaban J connectivity index is 1.45. The SMILES string of the molecule is NC(=O)COc1cccc(COC(=O)/C=C/c2cn(Cc3ccccc3)nc2-c2ccccc2)c1. The molecule has 0 aliphatic heterocycles. The van der Waals surface area contributed by atoms with Gasteiger partial charge in [-0.3, -0.25) is 9.48 Å². The van der Waals surface area contributed by atoms with Gasteiger partial charge in [-0.25, -0.2) is 4.79 Å². The third kappa shape index (κ3) is 6.91. The van der Waals surface area contributed by atoms with Crippen molar-refractivity contribution in [1.29, 1.82) is 0 Å². The van der Waals surface area contributed by atoms with E-state index >= 15 is 0 Å². The first kappa shape index (κ1) is 23.5. The average molecular weight is 468 g/mol. The minimum absolute atomic E-state index is 0.0652. The lowest BCUT2D eigenvalue weighted by molar-refractivity contribution is -0.138. The van der Waals surface area contributed by atoms with Crippen molar-refractivity contribution < 1.29 is 19.1 Å². The lowest BCUT2D eigenvalue weighted by atomic mass is 10.1. The monoisotopic (exact) mass is 467 g/mol. The zero-order valence-electron chi connectivity index (χ0n) is 19.0. The summed E-state index contributed by atoms with van der Waals surface area (Å²) in [7, 11) is 0. The van der Waals surface area contributed by atoms with E-state index in [1.807, 2.05) is 71.5 Å². The highest BCUT2D eigenvalue weighted by atomic mass is 16.5. The Hall–Kier alpha value is -4.65. The molecule has 176 valence electrons. The standard InChI is InChI=1S/C28H25N3O4/c29-26(32)20-34-25-13-7-10-22(16-25)19-35-27(33)15-14-24-18-31(17-21-8-3-1-4-9-21)30-28(24)23-11-5-2-6-12-23/h1-16,18H,17,19-20H2,(H2,29,32)/b15-14+. The van der Waals surface area contributed by atoms with E-state index in [2.05, 4.69) is 0 Å². The van der Waals surface area contributed by atoms with Gasteiger partial charge in [0.1, 0.15) is 12.4 Å². The highest BCUT2D eigenvalue weighted by Crippen LogP contribution is 2.23. The van der Waals surface area contributed by atoms with E-state index in [-0.39, 0.29) is 13.2 Å². The Labute approximate surface area is 203 Å². The number of carbonyl (C=O) groups excluding carboxylic acids is 2. The summed E-state index contributed by atoms with van der Waals surface area (Å²) in [5.74, 6) is -0.566. The normalized spacial score (nSPS) is 10.9. The molecule has 0 radical (unpaired) electrons. The number of benzene rings is 3. The van der Waals surface area contributed by atoms with Gasteiger partial charge in [0.15, 0.2) is 6.61 Å². The molecular formula is C28H25N3O4. The van der Waals surface area contributed by atoms with E-state index in [9.17, 15) is 9.59 Å². The molecule has 0 aliphatic carbocycles. The van der Waals surface area contributed by atoms with Crippen molar-refractivity contribution in [2.75, 3.05) is 6.61 Å². The first-order chi connectivity index (χ1) is 17.1. The Morgan fingerprint density at radius 3 is 2.37 bits per heavy atom. The third-order valence-electron chi connectivity index (χ3n) is 5.08. The Kier molecular flexibility index (Phi) is 7.70. The number of rotatable bonds is 10. The number of esters is 1. The average Bonchev–Trinajstić information content (AvgIpc) is 3.29. The van der Waals surface area contributed by atoms with E-state index in [1.165, 1.54) is 6.08 Å². The molecular weight excluding hydrogens is 442 g/mol. The van der Waals surface area contributed by atoms with E-state index in [4.69, 9.17) is 20.3 Å². The summed E-state index contributed by atoms with van der Waals surface area (Å²) < 4.78 is 12.5. The molecule has 0 saturated carbocycles. The minimum atomic E-state index is -0.561. The molecule has 3 aromatic carbocycles.